The molecule has 0 saturated heterocycles. The maximum atomic E-state index is 12.1. The summed E-state index contributed by atoms with van der Waals surface area (Å²) in [5, 5.41) is 0.0204. The normalized spacial score (nSPS) is 11.7. The number of nitrogens with zero attached hydrogens (tertiary/aromatic N) is 2. The Kier molecular flexibility index (Phi) is 4.15. The van der Waals surface area contributed by atoms with Crippen molar-refractivity contribution >= 4 is 40.6 Å². The van der Waals surface area contributed by atoms with Crippen LogP contribution < -0.4 is 4.90 Å². The predicted molar refractivity (Wildman–Crippen MR) is 58.6 cm³/mol. The van der Waals surface area contributed by atoms with Crippen LogP contribution in [0.2, 0.25) is 15.2 Å². The van der Waals surface area contributed by atoms with E-state index in [0.717, 1.165) is 4.90 Å². The van der Waals surface area contributed by atoms with Crippen molar-refractivity contribution in [3.63, 3.8) is 0 Å². The van der Waals surface area contributed by atoms with Gasteiger partial charge >= 0.3 is 6.18 Å². The Morgan fingerprint density at radius 1 is 1.25 bits per heavy atom. The highest BCUT2D eigenvalue weighted by Crippen LogP contribution is 2.31. The first-order chi connectivity index (χ1) is 7.20. The summed E-state index contributed by atoms with van der Waals surface area (Å²) in [6.45, 7) is -1.17. The Balaban J connectivity index is 3.00. The second kappa shape index (κ2) is 4.85. The lowest BCUT2D eigenvalue weighted by atomic mass is 10.4. The third-order valence-electron chi connectivity index (χ3n) is 1.65. The maximum absolute atomic E-state index is 12.1. The highest BCUT2D eigenvalue weighted by atomic mass is 35.5. The molecule has 0 atom stereocenters. The number of alkyl halides is 3. The van der Waals surface area contributed by atoms with Crippen LogP contribution >= 0.6 is 34.8 Å². The summed E-state index contributed by atoms with van der Waals surface area (Å²) in [6, 6.07) is 1.25. The van der Waals surface area contributed by atoms with Gasteiger partial charge in [-0.15, -0.1) is 0 Å². The zero-order valence-electron chi connectivity index (χ0n) is 7.95. The smallest absolute Gasteiger partial charge is 0.349 e. The Labute approximate surface area is 105 Å². The van der Waals surface area contributed by atoms with Crippen LogP contribution in [0.1, 0.15) is 0 Å². The molecular weight excluding hydrogens is 287 g/mol. The number of hydrogen-bond acceptors (Lipinski definition) is 2. The standard InChI is InChI=1S/C8H6Cl3F3N2/c1-16(3-8(12,13)14)7-5(10)2-4(9)6(11)15-7/h2H,3H2,1H3. The Morgan fingerprint density at radius 3 is 2.31 bits per heavy atom. The van der Waals surface area contributed by atoms with E-state index in [2.05, 4.69) is 4.98 Å². The molecule has 0 aromatic carbocycles. The molecule has 0 saturated carbocycles. The van der Waals surface area contributed by atoms with Gasteiger partial charge in [0.1, 0.15) is 17.5 Å². The van der Waals surface area contributed by atoms with Crippen LogP contribution in [0.5, 0.6) is 0 Å². The van der Waals surface area contributed by atoms with Crippen LogP contribution in [-0.4, -0.2) is 24.8 Å². The van der Waals surface area contributed by atoms with Crippen LogP contribution in [-0.2, 0) is 0 Å². The quantitative estimate of drug-likeness (QED) is 0.765. The van der Waals surface area contributed by atoms with Crippen molar-refractivity contribution in [2.75, 3.05) is 18.5 Å². The van der Waals surface area contributed by atoms with Crippen molar-refractivity contribution < 1.29 is 13.2 Å². The second-order valence-corrected chi connectivity index (χ2v) is 4.21. The molecule has 0 aliphatic heterocycles. The van der Waals surface area contributed by atoms with Crippen molar-refractivity contribution in [3.8, 4) is 0 Å². The molecule has 0 radical (unpaired) electrons. The molecule has 2 nitrogen and oxygen atoms in total. The van der Waals surface area contributed by atoms with Crippen molar-refractivity contribution in [1.29, 1.82) is 0 Å². The first-order valence-corrected chi connectivity index (χ1v) is 5.13. The van der Waals surface area contributed by atoms with E-state index in [9.17, 15) is 13.2 Å². The average molecular weight is 294 g/mol. The predicted octanol–water partition coefficient (Wildman–Crippen LogP) is 4.04. The SMILES string of the molecule is CN(CC(F)(F)F)c1nc(Cl)c(Cl)cc1Cl. The van der Waals surface area contributed by atoms with E-state index in [4.69, 9.17) is 34.8 Å². The summed E-state index contributed by atoms with van der Waals surface area (Å²) < 4.78 is 36.4. The molecule has 1 aromatic heterocycles. The molecule has 8 heteroatoms. The van der Waals surface area contributed by atoms with Gasteiger partial charge < -0.3 is 4.90 Å². The lowest BCUT2D eigenvalue weighted by Gasteiger charge is -2.21. The van der Waals surface area contributed by atoms with E-state index in [-0.39, 0.29) is 21.0 Å². The van der Waals surface area contributed by atoms with Crippen LogP contribution in [0.25, 0.3) is 0 Å². The van der Waals surface area contributed by atoms with Crippen molar-refractivity contribution in [2.24, 2.45) is 0 Å². The first-order valence-electron chi connectivity index (χ1n) is 4.00. The summed E-state index contributed by atoms with van der Waals surface area (Å²) in [5.41, 5.74) is 0. The molecule has 0 aliphatic rings. The van der Waals surface area contributed by atoms with Gasteiger partial charge in [0, 0.05) is 7.05 Å². The summed E-state index contributed by atoms with van der Waals surface area (Å²) in [6.07, 6.45) is -4.34. The molecule has 1 rings (SSSR count). The number of aromatic nitrogens is 1. The van der Waals surface area contributed by atoms with Gasteiger partial charge in [0.2, 0.25) is 0 Å². The minimum Gasteiger partial charge on any atom is -0.349 e. The van der Waals surface area contributed by atoms with E-state index in [1.165, 1.54) is 13.1 Å². The van der Waals surface area contributed by atoms with Gasteiger partial charge in [-0.05, 0) is 6.07 Å². The van der Waals surface area contributed by atoms with Crippen molar-refractivity contribution in [3.05, 3.63) is 21.3 Å². The van der Waals surface area contributed by atoms with Crippen molar-refractivity contribution in [2.45, 2.75) is 6.18 Å². The summed E-state index contributed by atoms with van der Waals surface area (Å²) in [7, 11) is 1.21. The molecular formula is C8H6Cl3F3N2. The molecule has 0 N–H and O–H groups in total. The van der Waals surface area contributed by atoms with Gasteiger partial charge in [-0.3, -0.25) is 0 Å². The first kappa shape index (κ1) is 13.7. The van der Waals surface area contributed by atoms with Crippen LogP contribution in [0.15, 0.2) is 6.07 Å². The van der Waals surface area contributed by atoms with Gasteiger partial charge in [-0.1, -0.05) is 34.8 Å². The fraction of sp³-hybridized carbons (Fsp3) is 0.375. The Hall–Kier alpha value is -0.390. The van der Waals surface area contributed by atoms with E-state index in [0.29, 0.717) is 0 Å². The number of anilines is 1. The third-order valence-corrected chi connectivity index (χ3v) is 2.60. The van der Waals surface area contributed by atoms with E-state index < -0.39 is 12.7 Å². The van der Waals surface area contributed by atoms with Gasteiger partial charge in [0.15, 0.2) is 0 Å². The van der Waals surface area contributed by atoms with Crippen LogP contribution in [0.3, 0.4) is 0 Å². The van der Waals surface area contributed by atoms with E-state index in [1.54, 1.807) is 0 Å². The average Bonchev–Trinajstić information content (AvgIpc) is 2.08. The fourth-order valence-electron chi connectivity index (χ4n) is 1.05. The number of rotatable bonds is 2. The molecule has 1 aromatic rings. The molecule has 90 valence electrons. The zero-order valence-corrected chi connectivity index (χ0v) is 10.2. The fourth-order valence-corrected chi connectivity index (χ4v) is 1.68. The molecule has 1 heterocycles. The minimum atomic E-state index is -4.34. The van der Waals surface area contributed by atoms with Crippen LogP contribution in [0, 0.1) is 0 Å². The topological polar surface area (TPSA) is 16.1 Å². The lowest BCUT2D eigenvalue weighted by Crippen LogP contribution is -2.31. The number of hydrogen-bond donors (Lipinski definition) is 0. The minimum absolute atomic E-state index is 0.0150. The van der Waals surface area contributed by atoms with E-state index in [1.807, 2.05) is 0 Å². The second-order valence-electron chi connectivity index (χ2n) is 3.04. The highest BCUT2D eigenvalue weighted by Gasteiger charge is 2.30. The highest BCUT2D eigenvalue weighted by molar-refractivity contribution is 6.42. The van der Waals surface area contributed by atoms with Gasteiger partial charge in [0.05, 0.1) is 10.0 Å². The molecule has 0 spiro atoms. The summed E-state index contributed by atoms with van der Waals surface area (Å²) >= 11 is 16.9. The van der Waals surface area contributed by atoms with Gasteiger partial charge in [0.25, 0.3) is 0 Å². The Bertz CT molecular complexity index is 395. The lowest BCUT2D eigenvalue weighted by molar-refractivity contribution is -0.119. The molecule has 0 unspecified atom stereocenters. The molecule has 0 amide bonds. The summed E-state index contributed by atoms with van der Waals surface area (Å²) in [5.74, 6) is -0.0617. The van der Waals surface area contributed by atoms with Gasteiger partial charge in [-0.2, -0.15) is 13.2 Å². The molecule has 0 fully saturated rings. The third kappa shape index (κ3) is 3.57. The number of halogens is 6. The van der Waals surface area contributed by atoms with E-state index >= 15 is 0 Å². The van der Waals surface area contributed by atoms with Gasteiger partial charge in [-0.25, -0.2) is 4.98 Å². The van der Waals surface area contributed by atoms with Crippen LogP contribution in [0.4, 0.5) is 19.0 Å². The van der Waals surface area contributed by atoms with Crippen molar-refractivity contribution in [1.82, 2.24) is 4.98 Å². The molecule has 0 aliphatic carbocycles. The maximum Gasteiger partial charge on any atom is 0.405 e. The monoisotopic (exact) mass is 292 g/mol. The molecule has 16 heavy (non-hydrogen) atoms. The number of pyridine rings is 1. The zero-order chi connectivity index (χ0) is 12.5. The summed E-state index contributed by atoms with van der Waals surface area (Å²) in [4.78, 5) is 4.54. The molecule has 0 bridgehead atoms. The largest absolute Gasteiger partial charge is 0.405 e. The Morgan fingerprint density at radius 2 is 1.81 bits per heavy atom.